The predicted octanol–water partition coefficient (Wildman–Crippen LogP) is 3.26. The molecule has 150 valence electrons. The fraction of sp³-hybridized carbons (Fsp3) is 0.579. The van der Waals surface area contributed by atoms with Crippen LogP contribution in [0.3, 0.4) is 0 Å². The van der Waals surface area contributed by atoms with E-state index in [2.05, 4.69) is 6.92 Å². The fourth-order valence-electron chi connectivity index (χ4n) is 3.17. The average Bonchev–Trinajstić information content (AvgIpc) is 3.10. The van der Waals surface area contributed by atoms with E-state index in [1.165, 1.54) is 38.0 Å². The summed E-state index contributed by atoms with van der Waals surface area (Å²) in [5.41, 5.74) is 0.318. The molecule has 1 amide bonds. The van der Waals surface area contributed by atoms with Crippen LogP contribution >= 0.6 is 11.8 Å². The standard InChI is InChI=1S/C19H27NO6S/c1-5-6-7-8-16-20(13(11-27-16)19(22)23)18(21)12-9-14(24-2)17(26-4)15(10-12)25-3/h9-10,13,16H,5-8,11H2,1-4H3,(H,22,23). The Morgan fingerprint density at radius 2 is 1.78 bits per heavy atom. The number of rotatable bonds is 9. The molecule has 0 radical (unpaired) electrons. The molecule has 1 aliphatic rings. The third-order valence-corrected chi connectivity index (χ3v) is 5.93. The summed E-state index contributed by atoms with van der Waals surface area (Å²) in [5, 5.41) is 9.43. The third-order valence-electron chi connectivity index (χ3n) is 4.58. The first-order chi connectivity index (χ1) is 13.0. The largest absolute Gasteiger partial charge is 0.493 e. The summed E-state index contributed by atoms with van der Waals surface area (Å²) in [6.07, 6.45) is 3.86. The van der Waals surface area contributed by atoms with Gasteiger partial charge < -0.3 is 24.2 Å². The van der Waals surface area contributed by atoms with Crippen LogP contribution in [0.25, 0.3) is 0 Å². The van der Waals surface area contributed by atoms with Gasteiger partial charge in [0, 0.05) is 11.3 Å². The van der Waals surface area contributed by atoms with E-state index in [-0.39, 0.29) is 11.3 Å². The molecule has 1 N–H and O–H groups in total. The lowest BCUT2D eigenvalue weighted by Gasteiger charge is -2.28. The summed E-state index contributed by atoms with van der Waals surface area (Å²) in [6.45, 7) is 2.11. The Hall–Kier alpha value is -2.09. The average molecular weight is 397 g/mol. The van der Waals surface area contributed by atoms with E-state index in [9.17, 15) is 14.7 Å². The highest BCUT2D eigenvalue weighted by Crippen LogP contribution is 2.40. The highest BCUT2D eigenvalue weighted by atomic mass is 32.2. The Morgan fingerprint density at radius 1 is 1.15 bits per heavy atom. The Morgan fingerprint density at radius 3 is 2.26 bits per heavy atom. The van der Waals surface area contributed by atoms with E-state index < -0.39 is 12.0 Å². The van der Waals surface area contributed by atoms with Crippen LogP contribution < -0.4 is 14.2 Å². The van der Waals surface area contributed by atoms with E-state index >= 15 is 0 Å². The minimum atomic E-state index is -0.985. The Labute approximate surface area is 164 Å². The normalized spacial score (nSPS) is 19.0. The van der Waals surface area contributed by atoms with Crippen LogP contribution in [0.4, 0.5) is 0 Å². The number of nitrogens with zero attached hydrogens (tertiary/aromatic N) is 1. The molecule has 0 aromatic heterocycles. The first-order valence-corrected chi connectivity index (χ1v) is 10.00. The van der Waals surface area contributed by atoms with Crippen LogP contribution in [-0.2, 0) is 4.79 Å². The number of hydrogen-bond acceptors (Lipinski definition) is 6. The molecular weight excluding hydrogens is 370 g/mol. The quantitative estimate of drug-likeness (QED) is 0.640. The highest BCUT2D eigenvalue weighted by Gasteiger charge is 2.42. The van der Waals surface area contributed by atoms with Crippen LogP contribution in [0.5, 0.6) is 17.2 Å². The third kappa shape index (κ3) is 4.61. The number of hydrogen-bond donors (Lipinski definition) is 1. The highest BCUT2D eigenvalue weighted by molar-refractivity contribution is 8.00. The monoisotopic (exact) mass is 397 g/mol. The molecule has 1 saturated heterocycles. The molecule has 2 rings (SSSR count). The summed E-state index contributed by atoms with van der Waals surface area (Å²) in [6, 6.07) is 2.29. The number of carbonyl (C=O) groups excluding carboxylic acids is 1. The number of amides is 1. The number of aliphatic carboxylic acids is 1. The van der Waals surface area contributed by atoms with Gasteiger partial charge in [-0.15, -0.1) is 11.8 Å². The zero-order valence-electron chi connectivity index (χ0n) is 16.2. The van der Waals surface area contributed by atoms with Crippen molar-refractivity contribution in [1.29, 1.82) is 0 Å². The molecule has 1 aromatic carbocycles. The van der Waals surface area contributed by atoms with Crippen LogP contribution in [0.2, 0.25) is 0 Å². The van der Waals surface area contributed by atoms with E-state index in [1.807, 2.05) is 0 Å². The summed E-state index contributed by atoms with van der Waals surface area (Å²) >= 11 is 1.52. The Kier molecular flexibility index (Phi) is 7.65. The molecule has 0 spiro atoms. The summed E-state index contributed by atoms with van der Waals surface area (Å²) in [7, 11) is 4.44. The zero-order chi connectivity index (χ0) is 20.0. The molecule has 8 heteroatoms. The maximum Gasteiger partial charge on any atom is 0.327 e. The molecule has 1 heterocycles. The second-order valence-corrected chi connectivity index (χ2v) is 7.48. The second-order valence-electron chi connectivity index (χ2n) is 6.26. The number of methoxy groups -OCH3 is 3. The number of carboxylic acid groups (broad SMARTS) is 1. The summed E-state index contributed by atoms with van der Waals surface area (Å²) < 4.78 is 15.9. The van der Waals surface area contributed by atoms with E-state index in [4.69, 9.17) is 14.2 Å². The smallest absolute Gasteiger partial charge is 0.327 e. The van der Waals surface area contributed by atoms with Gasteiger partial charge in [-0.25, -0.2) is 4.79 Å². The first-order valence-electron chi connectivity index (χ1n) is 8.95. The van der Waals surface area contributed by atoms with Gasteiger partial charge in [-0.05, 0) is 18.6 Å². The van der Waals surface area contributed by atoms with Gasteiger partial charge >= 0.3 is 5.97 Å². The van der Waals surface area contributed by atoms with E-state index in [0.29, 0.717) is 28.6 Å². The van der Waals surface area contributed by atoms with Crippen molar-refractivity contribution < 1.29 is 28.9 Å². The molecule has 27 heavy (non-hydrogen) atoms. The number of carbonyl (C=O) groups is 2. The van der Waals surface area contributed by atoms with Gasteiger partial charge in [0.15, 0.2) is 11.5 Å². The van der Waals surface area contributed by atoms with Crippen molar-refractivity contribution >= 4 is 23.6 Å². The molecule has 2 atom stereocenters. The van der Waals surface area contributed by atoms with E-state index in [0.717, 1.165) is 25.7 Å². The van der Waals surface area contributed by atoms with Crippen LogP contribution in [0.15, 0.2) is 12.1 Å². The number of benzene rings is 1. The van der Waals surface area contributed by atoms with Gasteiger partial charge in [-0.2, -0.15) is 0 Å². The summed E-state index contributed by atoms with van der Waals surface area (Å²) in [4.78, 5) is 26.4. The van der Waals surface area contributed by atoms with E-state index in [1.54, 1.807) is 12.1 Å². The van der Waals surface area contributed by atoms with Gasteiger partial charge in [0.1, 0.15) is 6.04 Å². The Balaban J connectivity index is 2.37. The van der Waals surface area contributed by atoms with Crippen molar-refractivity contribution in [1.82, 2.24) is 4.90 Å². The number of thioether (sulfide) groups is 1. The topological polar surface area (TPSA) is 85.3 Å². The van der Waals surface area contributed by atoms with Gasteiger partial charge in [-0.3, -0.25) is 4.79 Å². The van der Waals surface area contributed by atoms with Gasteiger partial charge in [0.05, 0.1) is 26.7 Å². The molecule has 7 nitrogen and oxygen atoms in total. The van der Waals surface area contributed by atoms with Crippen molar-refractivity contribution in [3.8, 4) is 17.2 Å². The van der Waals surface area contributed by atoms with Gasteiger partial charge in [-0.1, -0.05) is 26.2 Å². The lowest BCUT2D eigenvalue weighted by molar-refractivity contribution is -0.141. The molecule has 0 bridgehead atoms. The number of ether oxygens (including phenoxy) is 3. The van der Waals surface area contributed by atoms with Crippen molar-refractivity contribution in [2.75, 3.05) is 27.1 Å². The molecule has 1 aliphatic heterocycles. The molecule has 0 aliphatic carbocycles. The van der Waals surface area contributed by atoms with Crippen molar-refractivity contribution in [2.24, 2.45) is 0 Å². The molecule has 0 saturated carbocycles. The molecule has 1 aromatic rings. The number of carboxylic acids is 1. The minimum absolute atomic E-state index is 0.149. The van der Waals surface area contributed by atoms with Gasteiger partial charge in [0.25, 0.3) is 5.91 Å². The zero-order valence-corrected chi connectivity index (χ0v) is 17.0. The maximum absolute atomic E-state index is 13.2. The SMILES string of the molecule is CCCCCC1SCC(C(=O)O)N1C(=O)c1cc(OC)c(OC)c(OC)c1. The fourth-order valence-corrected chi connectivity index (χ4v) is 4.62. The molecular formula is C19H27NO6S. The van der Waals surface area contributed by atoms with Crippen LogP contribution in [0, 0.1) is 0 Å². The molecule has 2 unspecified atom stereocenters. The van der Waals surface area contributed by atoms with Crippen molar-refractivity contribution in [2.45, 2.75) is 44.0 Å². The lowest BCUT2D eigenvalue weighted by Crippen LogP contribution is -2.45. The van der Waals surface area contributed by atoms with Gasteiger partial charge in [0.2, 0.25) is 5.75 Å². The van der Waals surface area contributed by atoms with Crippen LogP contribution in [0.1, 0.15) is 43.0 Å². The molecule has 1 fully saturated rings. The lowest BCUT2D eigenvalue weighted by atomic mass is 10.1. The Bertz CT molecular complexity index is 655. The maximum atomic E-state index is 13.2. The minimum Gasteiger partial charge on any atom is -0.493 e. The van der Waals surface area contributed by atoms with Crippen molar-refractivity contribution in [3.05, 3.63) is 17.7 Å². The predicted molar refractivity (Wildman–Crippen MR) is 104 cm³/mol. The van der Waals surface area contributed by atoms with Crippen molar-refractivity contribution in [3.63, 3.8) is 0 Å². The first kappa shape index (κ1) is 21.2. The second kappa shape index (κ2) is 9.73. The number of unbranched alkanes of at least 4 members (excludes halogenated alkanes) is 2. The van der Waals surface area contributed by atoms with Crippen LogP contribution in [-0.4, -0.2) is 60.4 Å². The summed E-state index contributed by atoms with van der Waals surface area (Å²) in [5.74, 6) is 0.182.